The number of nitrogens with zero attached hydrogens (tertiary/aromatic N) is 4. The van der Waals surface area contributed by atoms with Gasteiger partial charge in [-0.05, 0) is 18.9 Å². The van der Waals surface area contributed by atoms with Gasteiger partial charge in [-0.1, -0.05) is 48.3 Å². The van der Waals surface area contributed by atoms with Crippen molar-refractivity contribution in [1.82, 2.24) is 25.2 Å². The molecule has 1 fully saturated rings. The molecular formula is C19H19N5O3. The molecule has 0 bridgehead atoms. The molecule has 2 heterocycles. The number of nitrogens with one attached hydrogen (secondary N) is 1. The van der Waals surface area contributed by atoms with Crippen LogP contribution >= 0.6 is 0 Å². The Kier molecular flexibility index (Phi) is 4.78. The van der Waals surface area contributed by atoms with Crippen LogP contribution in [0.4, 0.5) is 0 Å². The number of carbonyl (C=O) groups excluding carboxylic acids is 1. The van der Waals surface area contributed by atoms with Crippen molar-refractivity contribution in [2.45, 2.75) is 38.3 Å². The van der Waals surface area contributed by atoms with Crippen LogP contribution in [0.2, 0.25) is 0 Å². The third kappa shape index (κ3) is 3.94. The van der Waals surface area contributed by atoms with E-state index < -0.39 is 0 Å². The highest BCUT2D eigenvalue weighted by Gasteiger charge is 2.22. The van der Waals surface area contributed by atoms with E-state index in [9.17, 15) is 9.59 Å². The molecule has 1 saturated carbocycles. The van der Waals surface area contributed by atoms with Gasteiger partial charge in [-0.3, -0.25) is 9.59 Å². The second-order valence-electron chi connectivity index (χ2n) is 6.55. The lowest BCUT2D eigenvalue weighted by Gasteiger charge is -2.08. The topological polar surface area (TPSA) is 103 Å². The van der Waals surface area contributed by atoms with E-state index >= 15 is 0 Å². The van der Waals surface area contributed by atoms with Gasteiger partial charge in [-0.2, -0.15) is 10.1 Å². The summed E-state index contributed by atoms with van der Waals surface area (Å²) in [5, 5.41) is 11.1. The quantitative estimate of drug-likeness (QED) is 0.742. The Morgan fingerprint density at radius 2 is 1.93 bits per heavy atom. The van der Waals surface area contributed by atoms with Crippen molar-refractivity contribution in [2.75, 3.05) is 0 Å². The van der Waals surface area contributed by atoms with Crippen molar-refractivity contribution in [1.29, 1.82) is 0 Å². The third-order valence-corrected chi connectivity index (χ3v) is 4.58. The van der Waals surface area contributed by atoms with Gasteiger partial charge in [-0.15, -0.1) is 0 Å². The summed E-state index contributed by atoms with van der Waals surface area (Å²) in [7, 11) is 0. The van der Waals surface area contributed by atoms with Crippen LogP contribution in [0, 0.1) is 0 Å². The number of aromatic nitrogens is 4. The van der Waals surface area contributed by atoms with E-state index in [-0.39, 0.29) is 35.8 Å². The average Bonchev–Trinajstić information content (AvgIpc) is 3.36. The number of hydrogen-bond donors (Lipinski definition) is 1. The lowest BCUT2D eigenvalue weighted by atomic mass is 10.1. The standard InChI is InChI=1S/C19H19N5O3/c25-17-11-10-15(13-6-2-1-3-7-13)22-24(17)12-16-21-19(27-23-16)18(26)20-14-8-4-5-9-14/h1-3,6-7,10-11,14H,4-5,8-9,12H2,(H,20,26). The Morgan fingerprint density at radius 3 is 2.70 bits per heavy atom. The van der Waals surface area contributed by atoms with Crippen LogP contribution in [0.3, 0.4) is 0 Å². The van der Waals surface area contributed by atoms with E-state index in [1.807, 2.05) is 30.3 Å². The molecule has 0 spiro atoms. The number of rotatable bonds is 5. The van der Waals surface area contributed by atoms with Gasteiger partial charge in [0.15, 0.2) is 5.82 Å². The zero-order valence-electron chi connectivity index (χ0n) is 14.7. The van der Waals surface area contributed by atoms with E-state index in [0.717, 1.165) is 31.2 Å². The first-order valence-corrected chi connectivity index (χ1v) is 8.96. The van der Waals surface area contributed by atoms with Crippen molar-refractivity contribution in [3.63, 3.8) is 0 Å². The number of amides is 1. The Bertz CT molecular complexity index is 990. The summed E-state index contributed by atoms with van der Waals surface area (Å²) in [5.41, 5.74) is 1.28. The molecule has 1 aromatic carbocycles. The van der Waals surface area contributed by atoms with Crippen LogP contribution in [0.25, 0.3) is 11.3 Å². The van der Waals surface area contributed by atoms with Crippen LogP contribution in [0.5, 0.6) is 0 Å². The first-order valence-electron chi connectivity index (χ1n) is 8.96. The summed E-state index contributed by atoms with van der Waals surface area (Å²) in [4.78, 5) is 28.4. The van der Waals surface area contributed by atoms with Gasteiger partial charge in [0.25, 0.3) is 5.56 Å². The minimum Gasteiger partial charge on any atom is -0.345 e. The fraction of sp³-hybridized carbons (Fsp3) is 0.316. The maximum atomic E-state index is 12.2. The summed E-state index contributed by atoms with van der Waals surface area (Å²) < 4.78 is 6.30. The SMILES string of the molecule is O=C(NC1CCCC1)c1nc(Cn2nc(-c3ccccc3)ccc2=O)no1. The zero-order valence-corrected chi connectivity index (χ0v) is 14.7. The lowest BCUT2D eigenvalue weighted by molar-refractivity contribution is 0.0893. The molecule has 0 radical (unpaired) electrons. The van der Waals surface area contributed by atoms with E-state index in [1.165, 1.54) is 10.7 Å². The van der Waals surface area contributed by atoms with E-state index in [4.69, 9.17) is 4.52 Å². The largest absolute Gasteiger partial charge is 0.345 e. The molecule has 8 heteroatoms. The smallest absolute Gasteiger partial charge is 0.316 e. The molecule has 1 aliphatic rings. The maximum Gasteiger partial charge on any atom is 0.316 e. The van der Waals surface area contributed by atoms with Crippen LogP contribution in [0.15, 0.2) is 51.8 Å². The molecule has 0 atom stereocenters. The van der Waals surface area contributed by atoms with Crippen LogP contribution in [0.1, 0.15) is 42.2 Å². The van der Waals surface area contributed by atoms with Crippen LogP contribution < -0.4 is 10.9 Å². The van der Waals surface area contributed by atoms with E-state index in [2.05, 4.69) is 20.6 Å². The van der Waals surface area contributed by atoms with Crippen LogP contribution in [-0.4, -0.2) is 31.9 Å². The Hall–Kier alpha value is -3.29. The summed E-state index contributed by atoms with van der Waals surface area (Å²) >= 11 is 0. The van der Waals surface area contributed by atoms with Crippen molar-refractivity contribution >= 4 is 5.91 Å². The Morgan fingerprint density at radius 1 is 1.15 bits per heavy atom. The van der Waals surface area contributed by atoms with E-state index in [0.29, 0.717) is 5.69 Å². The van der Waals surface area contributed by atoms with Gasteiger partial charge < -0.3 is 9.84 Å². The minimum absolute atomic E-state index is 0.0275. The van der Waals surface area contributed by atoms with Crippen molar-refractivity contribution < 1.29 is 9.32 Å². The molecule has 0 saturated heterocycles. The fourth-order valence-electron chi connectivity index (χ4n) is 3.19. The average molecular weight is 365 g/mol. The molecule has 0 unspecified atom stereocenters. The zero-order chi connectivity index (χ0) is 18.6. The highest BCUT2D eigenvalue weighted by atomic mass is 16.5. The normalized spacial score (nSPS) is 14.4. The molecule has 4 rings (SSSR count). The van der Waals surface area contributed by atoms with Gasteiger partial charge in [0.05, 0.1) is 5.69 Å². The van der Waals surface area contributed by atoms with Crippen molar-refractivity contribution in [3.05, 3.63) is 64.5 Å². The molecule has 1 aliphatic carbocycles. The molecule has 8 nitrogen and oxygen atoms in total. The molecule has 27 heavy (non-hydrogen) atoms. The third-order valence-electron chi connectivity index (χ3n) is 4.58. The molecule has 1 N–H and O–H groups in total. The second-order valence-corrected chi connectivity index (χ2v) is 6.55. The van der Waals surface area contributed by atoms with E-state index in [1.54, 1.807) is 6.07 Å². The molecule has 2 aromatic heterocycles. The summed E-state index contributed by atoms with van der Waals surface area (Å²) in [6, 6.07) is 12.8. The first-order chi connectivity index (χ1) is 13.2. The predicted molar refractivity (Wildman–Crippen MR) is 97.1 cm³/mol. The fourth-order valence-corrected chi connectivity index (χ4v) is 3.19. The highest BCUT2D eigenvalue weighted by Crippen LogP contribution is 2.18. The van der Waals surface area contributed by atoms with Crippen molar-refractivity contribution in [3.8, 4) is 11.3 Å². The predicted octanol–water partition coefficient (Wildman–Crippen LogP) is 2.01. The van der Waals surface area contributed by atoms with Gasteiger partial charge in [0, 0.05) is 17.7 Å². The van der Waals surface area contributed by atoms with Gasteiger partial charge in [0.2, 0.25) is 0 Å². The highest BCUT2D eigenvalue weighted by molar-refractivity contribution is 5.89. The first kappa shape index (κ1) is 17.1. The summed E-state index contributed by atoms with van der Waals surface area (Å²) in [6.45, 7) is 0.0275. The molecule has 1 amide bonds. The Balaban J connectivity index is 1.50. The van der Waals surface area contributed by atoms with Crippen LogP contribution in [-0.2, 0) is 6.54 Å². The molecule has 3 aromatic rings. The monoisotopic (exact) mass is 365 g/mol. The summed E-state index contributed by atoms with van der Waals surface area (Å²) in [5.74, 6) is -0.241. The Labute approximate surface area is 155 Å². The maximum absolute atomic E-state index is 12.2. The number of benzene rings is 1. The number of carbonyl (C=O) groups is 1. The van der Waals surface area contributed by atoms with Gasteiger partial charge in [0.1, 0.15) is 6.54 Å². The lowest BCUT2D eigenvalue weighted by Crippen LogP contribution is -2.32. The number of hydrogen-bond acceptors (Lipinski definition) is 6. The van der Waals surface area contributed by atoms with Gasteiger partial charge >= 0.3 is 11.8 Å². The second kappa shape index (κ2) is 7.53. The summed E-state index contributed by atoms with van der Waals surface area (Å²) in [6.07, 6.45) is 4.18. The molecule has 138 valence electrons. The van der Waals surface area contributed by atoms with Crippen molar-refractivity contribution in [2.24, 2.45) is 0 Å². The van der Waals surface area contributed by atoms with Gasteiger partial charge in [-0.25, -0.2) is 4.68 Å². The molecule has 0 aliphatic heterocycles. The minimum atomic E-state index is -0.376. The molecular weight excluding hydrogens is 346 g/mol.